The van der Waals surface area contributed by atoms with E-state index >= 15 is 0 Å². The molecular weight excluding hydrogens is 389 g/mol. The van der Waals surface area contributed by atoms with E-state index in [0.29, 0.717) is 29.4 Å². The van der Waals surface area contributed by atoms with Crippen molar-refractivity contribution in [3.05, 3.63) is 54.5 Å². The standard InChI is InChI=1S/C19H19F3N4O3/c1-12(11-27)24-18-25-16(9-17(26-18)23-10-15-6-3-7-28-15)13-4-2-5-14(8-13)29-19(20,21)22/h2-9,12,27H,10-11H2,1H3,(H2,23,24,25,26)/t12-/m1/s1. The maximum absolute atomic E-state index is 12.5. The zero-order chi connectivity index (χ0) is 20.9. The molecule has 0 saturated carbocycles. The molecule has 7 nitrogen and oxygen atoms in total. The number of hydrogen-bond acceptors (Lipinski definition) is 7. The second-order valence-electron chi connectivity index (χ2n) is 6.20. The van der Waals surface area contributed by atoms with Crippen molar-refractivity contribution in [3.63, 3.8) is 0 Å². The van der Waals surface area contributed by atoms with Crippen LogP contribution in [-0.2, 0) is 6.54 Å². The Balaban J connectivity index is 1.90. The van der Waals surface area contributed by atoms with Gasteiger partial charge in [0.1, 0.15) is 17.3 Å². The number of alkyl halides is 3. The third-order valence-corrected chi connectivity index (χ3v) is 3.76. The quantitative estimate of drug-likeness (QED) is 0.518. The summed E-state index contributed by atoms with van der Waals surface area (Å²) in [6.45, 7) is 1.96. The predicted octanol–water partition coefficient (Wildman–Crippen LogP) is 4.04. The summed E-state index contributed by atoms with van der Waals surface area (Å²) in [7, 11) is 0. The molecule has 0 unspecified atom stereocenters. The van der Waals surface area contributed by atoms with E-state index in [0.717, 1.165) is 0 Å². The molecule has 29 heavy (non-hydrogen) atoms. The van der Waals surface area contributed by atoms with Crippen LogP contribution in [0, 0.1) is 0 Å². The number of anilines is 2. The van der Waals surface area contributed by atoms with Crippen LogP contribution in [0.1, 0.15) is 12.7 Å². The van der Waals surface area contributed by atoms with Gasteiger partial charge in [-0.15, -0.1) is 13.2 Å². The molecule has 0 radical (unpaired) electrons. The second kappa shape index (κ2) is 8.82. The number of nitrogens with zero attached hydrogens (tertiary/aromatic N) is 2. The Morgan fingerprint density at radius 1 is 1.17 bits per heavy atom. The zero-order valence-electron chi connectivity index (χ0n) is 15.4. The van der Waals surface area contributed by atoms with Crippen LogP contribution in [0.5, 0.6) is 5.75 Å². The average molecular weight is 408 g/mol. The minimum absolute atomic E-state index is 0.141. The van der Waals surface area contributed by atoms with Crippen molar-refractivity contribution in [2.75, 3.05) is 17.2 Å². The number of aliphatic hydroxyl groups excluding tert-OH is 1. The van der Waals surface area contributed by atoms with Gasteiger partial charge >= 0.3 is 6.36 Å². The van der Waals surface area contributed by atoms with Gasteiger partial charge in [0.2, 0.25) is 5.95 Å². The summed E-state index contributed by atoms with van der Waals surface area (Å²) in [5.41, 5.74) is 0.789. The Labute approximate surface area is 164 Å². The third kappa shape index (κ3) is 6.11. The highest BCUT2D eigenvalue weighted by atomic mass is 19.4. The molecule has 0 saturated heterocycles. The monoisotopic (exact) mass is 408 g/mol. The van der Waals surface area contributed by atoms with Gasteiger partial charge in [-0.1, -0.05) is 12.1 Å². The summed E-state index contributed by atoms with van der Waals surface area (Å²) in [4.78, 5) is 8.67. The number of ether oxygens (including phenoxy) is 1. The van der Waals surface area contributed by atoms with Crippen LogP contribution in [0.25, 0.3) is 11.3 Å². The van der Waals surface area contributed by atoms with Gasteiger partial charge in [0, 0.05) is 17.7 Å². The minimum atomic E-state index is -4.79. The maximum atomic E-state index is 12.5. The Bertz CT molecular complexity index is 933. The van der Waals surface area contributed by atoms with Crippen molar-refractivity contribution in [1.29, 1.82) is 0 Å². The van der Waals surface area contributed by atoms with Crippen molar-refractivity contribution >= 4 is 11.8 Å². The van der Waals surface area contributed by atoms with Crippen molar-refractivity contribution < 1.29 is 27.4 Å². The first-order valence-corrected chi connectivity index (χ1v) is 8.71. The van der Waals surface area contributed by atoms with Crippen LogP contribution in [-0.4, -0.2) is 34.1 Å². The predicted molar refractivity (Wildman–Crippen MR) is 100 cm³/mol. The van der Waals surface area contributed by atoms with Gasteiger partial charge in [0.05, 0.1) is 25.1 Å². The van der Waals surface area contributed by atoms with Crippen LogP contribution in [0.2, 0.25) is 0 Å². The highest BCUT2D eigenvalue weighted by Gasteiger charge is 2.31. The van der Waals surface area contributed by atoms with Crippen LogP contribution in [0.3, 0.4) is 0 Å². The number of halogens is 3. The van der Waals surface area contributed by atoms with Crippen molar-refractivity contribution in [2.45, 2.75) is 25.9 Å². The van der Waals surface area contributed by atoms with Crippen molar-refractivity contribution in [1.82, 2.24) is 9.97 Å². The Hall–Kier alpha value is -3.27. The van der Waals surface area contributed by atoms with Crippen LogP contribution in [0.4, 0.5) is 24.9 Å². The molecule has 3 aromatic rings. The van der Waals surface area contributed by atoms with E-state index in [1.807, 2.05) is 0 Å². The Kier molecular flexibility index (Phi) is 6.23. The smallest absolute Gasteiger partial charge is 0.467 e. The van der Waals surface area contributed by atoms with Crippen LogP contribution < -0.4 is 15.4 Å². The number of aliphatic hydroxyl groups is 1. The summed E-state index contributed by atoms with van der Waals surface area (Å²) in [5.74, 6) is 0.982. The van der Waals surface area contributed by atoms with E-state index in [1.54, 1.807) is 37.5 Å². The Morgan fingerprint density at radius 2 is 2.00 bits per heavy atom. The number of benzene rings is 1. The summed E-state index contributed by atoms with van der Waals surface area (Å²) in [6, 6.07) is 10.3. The summed E-state index contributed by atoms with van der Waals surface area (Å²) in [5, 5.41) is 15.3. The molecule has 0 amide bonds. The molecule has 1 atom stereocenters. The molecule has 2 aromatic heterocycles. The highest BCUT2D eigenvalue weighted by molar-refractivity contribution is 5.66. The lowest BCUT2D eigenvalue weighted by atomic mass is 10.1. The number of furan rings is 1. The van der Waals surface area contributed by atoms with Gasteiger partial charge < -0.3 is 24.9 Å². The minimum Gasteiger partial charge on any atom is -0.467 e. The second-order valence-corrected chi connectivity index (χ2v) is 6.20. The summed E-state index contributed by atoms with van der Waals surface area (Å²) >= 11 is 0. The molecular formula is C19H19F3N4O3. The highest BCUT2D eigenvalue weighted by Crippen LogP contribution is 2.28. The fraction of sp³-hybridized carbons (Fsp3) is 0.263. The number of aromatic nitrogens is 2. The molecule has 1 aromatic carbocycles. The van der Waals surface area contributed by atoms with Gasteiger partial charge in [0.15, 0.2) is 0 Å². The zero-order valence-corrected chi connectivity index (χ0v) is 15.4. The molecule has 0 bridgehead atoms. The molecule has 0 spiro atoms. The number of hydrogen-bond donors (Lipinski definition) is 3. The molecule has 3 rings (SSSR count). The fourth-order valence-corrected chi connectivity index (χ4v) is 2.46. The summed E-state index contributed by atoms with van der Waals surface area (Å²) in [6.07, 6.45) is -3.24. The number of nitrogens with one attached hydrogen (secondary N) is 2. The molecule has 2 heterocycles. The number of rotatable bonds is 8. The van der Waals surface area contributed by atoms with E-state index < -0.39 is 6.36 Å². The lowest BCUT2D eigenvalue weighted by molar-refractivity contribution is -0.274. The van der Waals surface area contributed by atoms with E-state index in [-0.39, 0.29) is 24.3 Å². The van der Waals surface area contributed by atoms with E-state index in [2.05, 4.69) is 25.3 Å². The molecule has 0 aliphatic carbocycles. The van der Waals surface area contributed by atoms with Gasteiger partial charge in [-0.3, -0.25) is 0 Å². The largest absolute Gasteiger partial charge is 0.573 e. The first-order chi connectivity index (χ1) is 13.8. The lowest BCUT2D eigenvalue weighted by Gasteiger charge is -2.14. The topological polar surface area (TPSA) is 92.4 Å². The first kappa shape index (κ1) is 20.5. The maximum Gasteiger partial charge on any atom is 0.573 e. The first-order valence-electron chi connectivity index (χ1n) is 8.71. The third-order valence-electron chi connectivity index (χ3n) is 3.76. The van der Waals surface area contributed by atoms with Crippen LogP contribution >= 0.6 is 0 Å². The SMILES string of the molecule is C[C@H](CO)Nc1nc(NCc2ccco2)cc(-c2cccc(OC(F)(F)F)c2)n1. The van der Waals surface area contributed by atoms with Gasteiger partial charge in [-0.2, -0.15) is 4.98 Å². The molecule has 3 N–H and O–H groups in total. The average Bonchev–Trinajstić information content (AvgIpc) is 3.18. The molecule has 10 heteroatoms. The van der Waals surface area contributed by atoms with E-state index in [9.17, 15) is 18.3 Å². The van der Waals surface area contributed by atoms with Crippen LogP contribution in [0.15, 0.2) is 53.1 Å². The molecule has 0 fully saturated rings. The van der Waals surface area contributed by atoms with Gasteiger partial charge in [-0.25, -0.2) is 4.98 Å². The molecule has 0 aliphatic rings. The van der Waals surface area contributed by atoms with Crippen molar-refractivity contribution in [2.24, 2.45) is 0 Å². The Morgan fingerprint density at radius 3 is 2.69 bits per heavy atom. The lowest BCUT2D eigenvalue weighted by Crippen LogP contribution is -2.21. The normalized spacial score (nSPS) is 12.4. The molecule has 0 aliphatic heterocycles. The van der Waals surface area contributed by atoms with E-state index in [4.69, 9.17) is 4.42 Å². The molecule has 154 valence electrons. The van der Waals surface area contributed by atoms with Gasteiger partial charge in [0.25, 0.3) is 0 Å². The fourth-order valence-electron chi connectivity index (χ4n) is 2.46. The summed E-state index contributed by atoms with van der Waals surface area (Å²) < 4.78 is 46.8. The van der Waals surface area contributed by atoms with Gasteiger partial charge in [-0.05, 0) is 31.2 Å². The van der Waals surface area contributed by atoms with E-state index in [1.165, 1.54) is 18.2 Å². The van der Waals surface area contributed by atoms with Crippen molar-refractivity contribution in [3.8, 4) is 17.0 Å².